The van der Waals surface area contributed by atoms with Gasteiger partial charge in [0.15, 0.2) is 0 Å². The molecule has 0 spiro atoms. The molecular weight excluding hydrogens is 216 g/mol. The summed E-state index contributed by atoms with van der Waals surface area (Å²) in [4.78, 5) is 0. The summed E-state index contributed by atoms with van der Waals surface area (Å²) in [6.07, 6.45) is 2.23. The summed E-state index contributed by atoms with van der Waals surface area (Å²) in [7, 11) is 1.81. The first-order chi connectivity index (χ1) is 8.28. The highest BCUT2D eigenvalue weighted by Crippen LogP contribution is 2.13. The van der Waals surface area contributed by atoms with Gasteiger partial charge in [-0.2, -0.15) is 5.26 Å². The van der Waals surface area contributed by atoms with Crippen LogP contribution in [0.4, 0.5) is 0 Å². The molecule has 5 heteroatoms. The Hall–Kier alpha value is -2.35. The lowest BCUT2D eigenvalue weighted by Crippen LogP contribution is -1.95. The van der Waals surface area contributed by atoms with E-state index in [4.69, 9.17) is 10.00 Å². The molecule has 0 saturated heterocycles. The highest BCUT2D eigenvalue weighted by Gasteiger charge is 2.00. The molecule has 1 aromatic carbocycles. The molecule has 0 radical (unpaired) electrons. The number of aryl methyl sites for hydroxylation is 1. The maximum absolute atomic E-state index is 8.54. The minimum Gasteiger partial charge on any atom is -0.487 e. The molecule has 0 aliphatic heterocycles. The normalized spacial score (nSPS) is 9.88. The van der Waals surface area contributed by atoms with Gasteiger partial charge in [0.1, 0.15) is 18.1 Å². The number of rotatable bonds is 4. The molecule has 17 heavy (non-hydrogen) atoms. The monoisotopic (exact) mass is 228 g/mol. The number of hydrogen-bond acceptors (Lipinski definition) is 4. The maximum atomic E-state index is 8.54. The Morgan fingerprint density at radius 3 is 2.71 bits per heavy atom. The number of ether oxygens (including phenoxy) is 1. The van der Waals surface area contributed by atoms with Crippen LogP contribution in [0.5, 0.6) is 5.75 Å². The van der Waals surface area contributed by atoms with E-state index in [2.05, 4.69) is 16.4 Å². The third kappa shape index (κ3) is 3.05. The molecule has 0 atom stereocenters. The minimum absolute atomic E-state index is 0.394. The molecule has 1 aromatic heterocycles. The Morgan fingerprint density at radius 1 is 1.35 bits per heavy atom. The highest BCUT2D eigenvalue weighted by atomic mass is 16.5. The quantitative estimate of drug-likeness (QED) is 0.794. The first-order valence-electron chi connectivity index (χ1n) is 5.22. The Labute approximate surface area is 99.2 Å². The van der Waals surface area contributed by atoms with Gasteiger partial charge in [0.05, 0.1) is 18.7 Å². The van der Waals surface area contributed by atoms with Crippen molar-refractivity contribution >= 4 is 0 Å². The lowest BCUT2D eigenvalue weighted by Gasteiger charge is -2.03. The zero-order valence-corrected chi connectivity index (χ0v) is 9.50. The minimum atomic E-state index is 0.394. The lowest BCUT2D eigenvalue weighted by atomic mass is 10.2. The Balaban J connectivity index is 1.93. The fourth-order valence-electron chi connectivity index (χ4n) is 1.41. The van der Waals surface area contributed by atoms with Gasteiger partial charge in [0, 0.05) is 7.05 Å². The van der Waals surface area contributed by atoms with Crippen LogP contribution in [0.25, 0.3) is 0 Å². The third-order valence-electron chi connectivity index (χ3n) is 2.24. The van der Waals surface area contributed by atoms with Crippen LogP contribution in [0.1, 0.15) is 11.3 Å². The fraction of sp³-hybridized carbons (Fsp3) is 0.250. The molecule has 0 fully saturated rings. The third-order valence-corrected chi connectivity index (χ3v) is 2.24. The SMILES string of the molecule is Cn1cc(COc2ccc(CC#N)cc2)nn1. The van der Waals surface area contributed by atoms with Crippen LogP contribution in [0.3, 0.4) is 0 Å². The number of nitrogens with zero attached hydrogens (tertiary/aromatic N) is 4. The van der Waals surface area contributed by atoms with Gasteiger partial charge in [-0.1, -0.05) is 17.3 Å². The van der Waals surface area contributed by atoms with Crippen LogP contribution in [-0.2, 0) is 20.1 Å². The zero-order valence-electron chi connectivity index (χ0n) is 9.50. The molecule has 0 saturated carbocycles. The van der Waals surface area contributed by atoms with Gasteiger partial charge in [-0.15, -0.1) is 5.10 Å². The summed E-state index contributed by atoms with van der Waals surface area (Å²) in [5.74, 6) is 0.761. The summed E-state index contributed by atoms with van der Waals surface area (Å²) in [6.45, 7) is 0.394. The van der Waals surface area contributed by atoms with Gasteiger partial charge >= 0.3 is 0 Å². The van der Waals surface area contributed by atoms with Crippen molar-refractivity contribution in [2.24, 2.45) is 7.05 Å². The predicted octanol–water partition coefficient (Wildman–Crippen LogP) is 1.46. The fourth-order valence-corrected chi connectivity index (χ4v) is 1.41. The second-order valence-corrected chi connectivity index (χ2v) is 3.65. The van der Waals surface area contributed by atoms with E-state index in [9.17, 15) is 0 Å². The Morgan fingerprint density at radius 2 is 2.12 bits per heavy atom. The molecule has 0 unspecified atom stereocenters. The molecule has 86 valence electrons. The topological polar surface area (TPSA) is 63.7 Å². The highest BCUT2D eigenvalue weighted by molar-refractivity contribution is 5.28. The van der Waals surface area contributed by atoms with Crippen LogP contribution >= 0.6 is 0 Å². The standard InChI is InChI=1S/C12H12N4O/c1-16-8-11(14-15-16)9-17-12-4-2-10(3-5-12)6-7-13/h2-5,8H,6,9H2,1H3. The summed E-state index contributed by atoms with van der Waals surface area (Å²) >= 11 is 0. The van der Waals surface area contributed by atoms with Crippen LogP contribution in [0.15, 0.2) is 30.5 Å². The van der Waals surface area contributed by atoms with Gasteiger partial charge in [0.25, 0.3) is 0 Å². The smallest absolute Gasteiger partial charge is 0.134 e. The molecular formula is C12H12N4O. The number of benzene rings is 1. The van der Waals surface area contributed by atoms with Crippen LogP contribution in [-0.4, -0.2) is 15.0 Å². The molecule has 2 rings (SSSR count). The van der Waals surface area contributed by atoms with Gasteiger partial charge in [-0.05, 0) is 17.7 Å². The molecule has 0 aliphatic carbocycles. The molecule has 0 amide bonds. The van der Waals surface area contributed by atoms with E-state index in [-0.39, 0.29) is 0 Å². The van der Waals surface area contributed by atoms with E-state index in [0.29, 0.717) is 13.0 Å². The van der Waals surface area contributed by atoms with Gasteiger partial charge < -0.3 is 4.74 Å². The van der Waals surface area contributed by atoms with Crippen LogP contribution in [0, 0.1) is 11.3 Å². The first-order valence-corrected chi connectivity index (χ1v) is 5.22. The first kappa shape index (κ1) is 11.1. The maximum Gasteiger partial charge on any atom is 0.134 e. The van der Waals surface area contributed by atoms with Crippen molar-refractivity contribution in [2.45, 2.75) is 13.0 Å². The summed E-state index contributed by atoms with van der Waals surface area (Å²) in [5.41, 5.74) is 1.77. The van der Waals surface area contributed by atoms with E-state index in [1.165, 1.54) is 0 Å². The van der Waals surface area contributed by atoms with E-state index in [1.807, 2.05) is 37.5 Å². The summed E-state index contributed by atoms with van der Waals surface area (Å²) in [6, 6.07) is 9.57. The van der Waals surface area contributed by atoms with Crippen molar-refractivity contribution in [3.05, 3.63) is 41.7 Å². The van der Waals surface area contributed by atoms with Crippen molar-refractivity contribution in [1.29, 1.82) is 5.26 Å². The predicted molar refractivity (Wildman–Crippen MR) is 61.1 cm³/mol. The molecule has 1 heterocycles. The van der Waals surface area contributed by atoms with Gasteiger partial charge in [-0.3, -0.25) is 4.68 Å². The van der Waals surface area contributed by atoms with Gasteiger partial charge in [-0.25, -0.2) is 0 Å². The molecule has 0 bridgehead atoms. The number of aromatic nitrogens is 3. The Kier molecular flexibility index (Phi) is 3.36. The molecule has 5 nitrogen and oxygen atoms in total. The van der Waals surface area contributed by atoms with Crippen molar-refractivity contribution in [3.8, 4) is 11.8 Å². The van der Waals surface area contributed by atoms with Crippen molar-refractivity contribution in [1.82, 2.24) is 15.0 Å². The van der Waals surface area contributed by atoms with Crippen molar-refractivity contribution < 1.29 is 4.74 Å². The Bertz CT molecular complexity index is 524. The summed E-state index contributed by atoms with van der Waals surface area (Å²) in [5, 5.41) is 16.3. The largest absolute Gasteiger partial charge is 0.487 e. The van der Waals surface area contributed by atoms with Crippen LogP contribution in [0.2, 0.25) is 0 Å². The van der Waals surface area contributed by atoms with Gasteiger partial charge in [0.2, 0.25) is 0 Å². The van der Waals surface area contributed by atoms with E-state index in [0.717, 1.165) is 17.0 Å². The second-order valence-electron chi connectivity index (χ2n) is 3.65. The van der Waals surface area contributed by atoms with Crippen molar-refractivity contribution in [2.75, 3.05) is 0 Å². The lowest BCUT2D eigenvalue weighted by molar-refractivity contribution is 0.301. The van der Waals surface area contributed by atoms with E-state index in [1.54, 1.807) is 4.68 Å². The number of nitriles is 1. The molecule has 0 N–H and O–H groups in total. The van der Waals surface area contributed by atoms with Crippen LogP contribution < -0.4 is 4.74 Å². The average molecular weight is 228 g/mol. The molecule has 2 aromatic rings. The van der Waals surface area contributed by atoms with E-state index < -0.39 is 0 Å². The van der Waals surface area contributed by atoms with E-state index >= 15 is 0 Å². The number of hydrogen-bond donors (Lipinski definition) is 0. The van der Waals surface area contributed by atoms with Crippen molar-refractivity contribution in [3.63, 3.8) is 0 Å². The molecule has 0 aliphatic rings. The zero-order chi connectivity index (χ0) is 12.1. The second kappa shape index (κ2) is 5.12. The summed E-state index contributed by atoms with van der Waals surface area (Å²) < 4.78 is 7.17. The average Bonchev–Trinajstić information content (AvgIpc) is 2.75.